The van der Waals surface area contributed by atoms with Gasteiger partial charge in [-0.05, 0) is 75.6 Å². The van der Waals surface area contributed by atoms with Crippen LogP contribution in [0, 0.1) is 13.8 Å². The van der Waals surface area contributed by atoms with E-state index in [-0.39, 0.29) is 18.6 Å². The van der Waals surface area contributed by atoms with Gasteiger partial charge in [-0.1, -0.05) is 18.2 Å². The number of ether oxygens (including phenoxy) is 1. The molecule has 0 aliphatic carbocycles. The predicted octanol–water partition coefficient (Wildman–Crippen LogP) is 3.56. The van der Waals surface area contributed by atoms with Gasteiger partial charge in [-0.25, -0.2) is 8.42 Å². The van der Waals surface area contributed by atoms with Crippen LogP contribution in [0.15, 0.2) is 42.5 Å². The maximum Gasteiger partial charge on any atom is 0.243 e. The van der Waals surface area contributed by atoms with Gasteiger partial charge in [-0.15, -0.1) is 0 Å². The normalized spacial score (nSPS) is 12.5. The predicted molar refractivity (Wildman–Crippen MR) is 117 cm³/mol. The molecule has 0 radical (unpaired) electrons. The van der Waals surface area contributed by atoms with E-state index in [1.165, 1.54) is 0 Å². The number of hydrogen-bond acceptors (Lipinski definition) is 4. The minimum Gasteiger partial charge on any atom is -0.491 e. The summed E-state index contributed by atoms with van der Waals surface area (Å²) in [5.74, 6) is 0.358. The van der Waals surface area contributed by atoms with E-state index in [1.54, 1.807) is 19.1 Å². The molecule has 0 aliphatic rings. The zero-order chi connectivity index (χ0) is 21.8. The molecule has 6 nitrogen and oxygen atoms in total. The fourth-order valence-corrected chi connectivity index (χ4v) is 4.18. The van der Waals surface area contributed by atoms with E-state index in [2.05, 4.69) is 5.32 Å². The number of nitrogens with one attached hydrogen (secondary N) is 1. The van der Waals surface area contributed by atoms with Gasteiger partial charge in [0, 0.05) is 6.54 Å². The Morgan fingerprint density at radius 3 is 2.34 bits per heavy atom. The molecule has 2 rings (SSSR count). The summed E-state index contributed by atoms with van der Waals surface area (Å²) in [6.07, 6.45) is 1.17. The Kier molecular flexibility index (Phi) is 7.30. The first kappa shape index (κ1) is 22.7. The van der Waals surface area contributed by atoms with Crippen LogP contribution in [0.25, 0.3) is 0 Å². The summed E-state index contributed by atoms with van der Waals surface area (Å²) in [6.45, 7) is 9.63. The molecule has 0 aromatic heterocycles. The number of rotatable bonds is 8. The Morgan fingerprint density at radius 2 is 1.76 bits per heavy atom. The van der Waals surface area contributed by atoms with Gasteiger partial charge in [0.1, 0.15) is 11.8 Å². The van der Waals surface area contributed by atoms with Crippen molar-refractivity contribution in [2.75, 3.05) is 10.6 Å². The number of carbonyl (C=O) groups excluding carboxylic acids is 1. The Labute approximate surface area is 173 Å². The quantitative estimate of drug-likeness (QED) is 0.711. The minimum atomic E-state index is -3.64. The summed E-state index contributed by atoms with van der Waals surface area (Å²) in [6, 6.07) is 11.9. The molecular weight excluding hydrogens is 388 g/mol. The monoisotopic (exact) mass is 418 g/mol. The van der Waals surface area contributed by atoms with Crippen LogP contribution in [-0.4, -0.2) is 32.7 Å². The van der Waals surface area contributed by atoms with Gasteiger partial charge in [0.2, 0.25) is 15.9 Å². The van der Waals surface area contributed by atoms with Crippen LogP contribution in [0.1, 0.15) is 37.5 Å². The van der Waals surface area contributed by atoms with Gasteiger partial charge in [0.25, 0.3) is 0 Å². The summed E-state index contributed by atoms with van der Waals surface area (Å²) in [5.41, 5.74) is 3.37. The fraction of sp³-hybridized carbons (Fsp3) is 0.409. The molecule has 1 atom stereocenters. The van der Waals surface area contributed by atoms with Gasteiger partial charge in [-0.2, -0.15) is 0 Å². The first-order valence-corrected chi connectivity index (χ1v) is 11.4. The highest BCUT2D eigenvalue weighted by Crippen LogP contribution is 2.24. The van der Waals surface area contributed by atoms with E-state index in [4.69, 9.17) is 4.74 Å². The average molecular weight is 419 g/mol. The van der Waals surface area contributed by atoms with Gasteiger partial charge in [0.05, 0.1) is 18.0 Å². The highest BCUT2D eigenvalue weighted by Gasteiger charge is 2.29. The first-order chi connectivity index (χ1) is 13.5. The van der Waals surface area contributed by atoms with Crippen molar-refractivity contribution >= 4 is 21.6 Å². The zero-order valence-electron chi connectivity index (χ0n) is 17.9. The number of hydrogen-bond donors (Lipinski definition) is 1. The number of sulfonamides is 1. The van der Waals surface area contributed by atoms with Crippen molar-refractivity contribution in [2.24, 2.45) is 0 Å². The molecule has 0 bridgehead atoms. The van der Waals surface area contributed by atoms with Gasteiger partial charge >= 0.3 is 0 Å². The van der Waals surface area contributed by atoms with Gasteiger partial charge in [-0.3, -0.25) is 9.10 Å². The van der Waals surface area contributed by atoms with Crippen LogP contribution < -0.4 is 14.4 Å². The van der Waals surface area contributed by atoms with E-state index >= 15 is 0 Å². The second-order valence-corrected chi connectivity index (χ2v) is 9.39. The molecule has 0 saturated carbocycles. The third-order valence-corrected chi connectivity index (χ3v) is 5.81. The van der Waals surface area contributed by atoms with E-state index < -0.39 is 16.1 Å². The molecule has 158 valence electrons. The number of nitrogens with zero attached hydrogens (tertiary/aromatic N) is 1. The largest absolute Gasteiger partial charge is 0.491 e. The molecule has 1 amide bonds. The van der Waals surface area contributed by atoms with Crippen molar-refractivity contribution in [1.82, 2.24) is 5.32 Å². The van der Waals surface area contributed by atoms with E-state index in [0.717, 1.165) is 33.0 Å². The standard InChI is InChI=1S/C22H30N2O4S/c1-15(2)28-21-9-7-8-19(13-21)14-23-22(25)18(5)24(29(6,26)27)20-11-10-16(3)17(4)12-20/h7-13,15,18H,14H2,1-6H3,(H,23,25). The molecule has 0 fully saturated rings. The molecule has 2 aromatic rings. The number of carbonyl (C=O) groups is 1. The summed E-state index contributed by atoms with van der Waals surface area (Å²) in [4.78, 5) is 12.7. The summed E-state index contributed by atoms with van der Waals surface area (Å²) >= 11 is 0. The Bertz CT molecular complexity index is 971. The lowest BCUT2D eigenvalue weighted by molar-refractivity contribution is -0.122. The highest BCUT2D eigenvalue weighted by atomic mass is 32.2. The molecule has 2 aromatic carbocycles. The number of amides is 1. The molecule has 0 spiro atoms. The first-order valence-electron chi connectivity index (χ1n) is 9.59. The third kappa shape index (κ3) is 6.22. The fourth-order valence-electron chi connectivity index (χ4n) is 3.01. The lowest BCUT2D eigenvalue weighted by Crippen LogP contribution is -2.47. The van der Waals surface area contributed by atoms with Crippen molar-refractivity contribution in [3.63, 3.8) is 0 Å². The minimum absolute atomic E-state index is 0.0566. The van der Waals surface area contributed by atoms with Crippen LogP contribution in [0.4, 0.5) is 5.69 Å². The molecule has 0 saturated heterocycles. The summed E-state index contributed by atoms with van der Waals surface area (Å²) < 4.78 is 31.7. The average Bonchev–Trinajstić information content (AvgIpc) is 2.61. The van der Waals surface area contributed by atoms with Crippen molar-refractivity contribution in [2.45, 2.75) is 53.3 Å². The van der Waals surface area contributed by atoms with Crippen LogP contribution in [-0.2, 0) is 21.4 Å². The van der Waals surface area contributed by atoms with E-state index in [9.17, 15) is 13.2 Å². The van der Waals surface area contributed by atoms with Gasteiger partial charge in [0.15, 0.2) is 0 Å². The van der Waals surface area contributed by atoms with E-state index in [0.29, 0.717) is 5.69 Å². The Hall–Kier alpha value is -2.54. The second kappa shape index (κ2) is 9.31. The zero-order valence-corrected chi connectivity index (χ0v) is 18.7. The second-order valence-electron chi connectivity index (χ2n) is 7.54. The SMILES string of the molecule is Cc1ccc(N(C(C)C(=O)NCc2cccc(OC(C)C)c2)S(C)(=O)=O)cc1C. The molecule has 0 aliphatic heterocycles. The molecule has 1 N–H and O–H groups in total. The summed E-state index contributed by atoms with van der Waals surface area (Å²) in [5, 5.41) is 2.83. The molecule has 1 unspecified atom stereocenters. The van der Waals surface area contributed by atoms with Crippen LogP contribution >= 0.6 is 0 Å². The highest BCUT2D eigenvalue weighted by molar-refractivity contribution is 7.92. The van der Waals surface area contributed by atoms with E-state index in [1.807, 2.05) is 58.0 Å². The Balaban J connectivity index is 2.16. The number of benzene rings is 2. The molecule has 7 heteroatoms. The maximum atomic E-state index is 12.7. The smallest absolute Gasteiger partial charge is 0.243 e. The Morgan fingerprint density at radius 1 is 1.07 bits per heavy atom. The topological polar surface area (TPSA) is 75.7 Å². The number of aryl methyl sites for hydroxylation is 2. The lowest BCUT2D eigenvalue weighted by Gasteiger charge is -2.28. The van der Waals surface area contributed by atoms with Crippen molar-refractivity contribution in [3.05, 3.63) is 59.2 Å². The molecule has 29 heavy (non-hydrogen) atoms. The molecular formula is C22H30N2O4S. The van der Waals surface area contributed by atoms with Crippen LogP contribution in [0.3, 0.4) is 0 Å². The number of anilines is 1. The van der Waals surface area contributed by atoms with Crippen molar-refractivity contribution in [3.8, 4) is 5.75 Å². The van der Waals surface area contributed by atoms with Crippen LogP contribution in [0.2, 0.25) is 0 Å². The summed E-state index contributed by atoms with van der Waals surface area (Å²) in [7, 11) is -3.64. The third-order valence-electron chi connectivity index (χ3n) is 4.57. The maximum absolute atomic E-state index is 12.7. The van der Waals surface area contributed by atoms with Gasteiger partial charge < -0.3 is 10.1 Å². The molecule has 0 heterocycles. The van der Waals surface area contributed by atoms with Crippen molar-refractivity contribution in [1.29, 1.82) is 0 Å². The van der Waals surface area contributed by atoms with Crippen LogP contribution in [0.5, 0.6) is 5.75 Å². The van der Waals surface area contributed by atoms with Crippen molar-refractivity contribution < 1.29 is 17.9 Å². The lowest BCUT2D eigenvalue weighted by atomic mass is 10.1.